The highest BCUT2D eigenvalue weighted by Crippen LogP contribution is 2.28. The highest BCUT2D eigenvalue weighted by atomic mass is 16.4. The number of carboxylic acids is 1. The molecule has 3 rings (SSSR count). The van der Waals surface area contributed by atoms with Crippen LogP contribution in [-0.4, -0.2) is 52.8 Å². The molecule has 2 heterocycles. The van der Waals surface area contributed by atoms with E-state index in [1.807, 2.05) is 0 Å². The average molecular weight is 368 g/mol. The number of carbonyl (C=O) groups excluding carboxylic acids is 3. The number of hydrogen-bond acceptors (Lipinski definition) is 5. The zero-order valence-electron chi connectivity index (χ0n) is 14.8. The van der Waals surface area contributed by atoms with E-state index in [2.05, 4.69) is 0 Å². The van der Waals surface area contributed by atoms with E-state index in [0.717, 1.165) is 9.80 Å². The van der Waals surface area contributed by atoms with Gasteiger partial charge in [-0.1, -0.05) is 6.07 Å². The van der Waals surface area contributed by atoms with Gasteiger partial charge in [0.15, 0.2) is 0 Å². The van der Waals surface area contributed by atoms with Gasteiger partial charge in [0.1, 0.15) is 17.1 Å². The van der Waals surface area contributed by atoms with E-state index in [9.17, 15) is 19.2 Å². The minimum absolute atomic E-state index is 0.166. The van der Waals surface area contributed by atoms with Gasteiger partial charge in [-0.05, 0) is 42.8 Å². The number of benzene rings is 1. The Hall–Kier alpha value is -3.68. The molecule has 8 heteroatoms. The van der Waals surface area contributed by atoms with Crippen LogP contribution in [-0.2, 0) is 9.59 Å². The second kappa shape index (κ2) is 6.56. The van der Waals surface area contributed by atoms with Gasteiger partial charge in [-0.15, -0.1) is 0 Å². The first-order chi connectivity index (χ1) is 12.7. The number of hydrogen-bond donors (Lipinski definition) is 1. The number of carboxylic acid groups (broad SMARTS) is 1. The average Bonchev–Trinajstić information content (AvgIpc) is 3.10. The van der Waals surface area contributed by atoms with Gasteiger partial charge in [-0.25, -0.2) is 9.59 Å². The molecule has 1 fully saturated rings. The Bertz CT molecular complexity index is 991. The zero-order valence-corrected chi connectivity index (χ0v) is 14.8. The number of nitrogens with zero attached hydrogens (tertiary/aromatic N) is 2. The maximum absolute atomic E-state index is 12.2. The van der Waals surface area contributed by atoms with E-state index >= 15 is 0 Å². The van der Waals surface area contributed by atoms with Crippen molar-refractivity contribution in [3.8, 4) is 11.3 Å². The molecule has 0 saturated carbocycles. The molecule has 0 bridgehead atoms. The molecule has 1 aliphatic heterocycles. The predicted molar refractivity (Wildman–Crippen MR) is 94.8 cm³/mol. The Morgan fingerprint density at radius 3 is 2.22 bits per heavy atom. The molecule has 8 nitrogen and oxygen atoms in total. The lowest BCUT2D eigenvalue weighted by molar-refractivity contribution is -0.134. The Labute approximate surface area is 154 Å². The number of barbiturate groups is 1. The van der Waals surface area contributed by atoms with E-state index in [1.165, 1.54) is 32.3 Å². The van der Waals surface area contributed by atoms with Gasteiger partial charge < -0.3 is 9.52 Å². The summed E-state index contributed by atoms with van der Waals surface area (Å²) in [6.45, 7) is 1.76. The van der Waals surface area contributed by atoms with Crippen LogP contribution < -0.4 is 0 Å². The van der Waals surface area contributed by atoms with Gasteiger partial charge in [-0.2, -0.15) is 0 Å². The number of likely N-dealkylation sites (N-methyl/N-ethyl adjacent to an activating group) is 2. The summed E-state index contributed by atoms with van der Waals surface area (Å²) in [6.07, 6.45) is 1.29. The van der Waals surface area contributed by atoms with E-state index in [4.69, 9.17) is 9.52 Å². The number of aromatic carboxylic acids is 1. The standard InChI is InChI=1S/C19H16N2O6/c1-10-8-11(18(24)25)4-6-13(10)15-7-5-12(27-15)9-14-16(22)20(2)19(26)21(3)17(14)23/h4-9H,1-3H3,(H,24,25). The van der Waals surface area contributed by atoms with Gasteiger partial charge in [-0.3, -0.25) is 19.4 Å². The summed E-state index contributed by atoms with van der Waals surface area (Å²) in [7, 11) is 2.59. The van der Waals surface area contributed by atoms with Gasteiger partial charge in [0.25, 0.3) is 11.8 Å². The quantitative estimate of drug-likeness (QED) is 0.658. The van der Waals surface area contributed by atoms with Crippen molar-refractivity contribution in [3.63, 3.8) is 0 Å². The molecule has 1 N–H and O–H groups in total. The number of furan rings is 1. The zero-order chi connectivity index (χ0) is 19.9. The van der Waals surface area contributed by atoms with Crippen LogP contribution in [0.1, 0.15) is 21.7 Å². The van der Waals surface area contributed by atoms with Gasteiger partial charge in [0, 0.05) is 19.7 Å². The van der Waals surface area contributed by atoms with Crippen molar-refractivity contribution < 1.29 is 28.7 Å². The van der Waals surface area contributed by atoms with Crippen LogP contribution >= 0.6 is 0 Å². The van der Waals surface area contributed by atoms with Crippen LogP contribution in [0, 0.1) is 6.92 Å². The lowest BCUT2D eigenvalue weighted by Crippen LogP contribution is -2.52. The molecule has 1 saturated heterocycles. The minimum atomic E-state index is -1.02. The Morgan fingerprint density at radius 1 is 1.04 bits per heavy atom. The van der Waals surface area contributed by atoms with Crippen LogP contribution in [0.3, 0.4) is 0 Å². The summed E-state index contributed by atoms with van der Waals surface area (Å²) in [4.78, 5) is 48.9. The van der Waals surface area contributed by atoms with Crippen molar-refractivity contribution in [2.24, 2.45) is 0 Å². The van der Waals surface area contributed by atoms with E-state index in [0.29, 0.717) is 16.9 Å². The van der Waals surface area contributed by atoms with Gasteiger partial charge in [0.2, 0.25) is 0 Å². The number of aryl methyl sites for hydroxylation is 1. The third-order valence-corrected chi connectivity index (χ3v) is 4.30. The van der Waals surface area contributed by atoms with Crippen molar-refractivity contribution in [1.29, 1.82) is 0 Å². The minimum Gasteiger partial charge on any atom is -0.478 e. The topological polar surface area (TPSA) is 108 Å². The molecule has 0 aliphatic carbocycles. The molecule has 2 aromatic rings. The number of rotatable bonds is 3. The fraction of sp³-hybridized carbons (Fsp3) is 0.158. The van der Waals surface area contributed by atoms with E-state index in [-0.39, 0.29) is 16.9 Å². The number of amides is 4. The maximum atomic E-state index is 12.2. The molecule has 0 spiro atoms. The highest BCUT2D eigenvalue weighted by Gasteiger charge is 2.38. The number of imide groups is 2. The first kappa shape index (κ1) is 18.1. The normalized spacial score (nSPS) is 14.8. The van der Waals surface area contributed by atoms with Gasteiger partial charge in [0.05, 0.1) is 5.56 Å². The molecule has 1 aromatic carbocycles. The second-order valence-corrected chi connectivity index (χ2v) is 6.11. The van der Waals surface area contributed by atoms with Crippen LogP contribution in [0.25, 0.3) is 17.4 Å². The third kappa shape index (κ3) is 3.12. The van der Waals surface area contributed by atoms with Crippen molar-refractivity contribution in [1.82, 2.24) is 9.80 Å². The van der Waals surface area contributed by atoms with E-state index < -0.39 is 23.8 Å². The summed E-state index contributed by atoms with van der Waals surface area (Å²) in [5.41, 5.74) is 1.38. The fourth-order valence-corrected chi connectivity index (χ4v) is 2.77. The summed E-state index contributed by atoms with van der Waals surface area (Å²) in [5.74, 6) is -1.71. The van der Waals surface area contributed by atoms with Crippen LogP contribution in [0.2, 0.25) is 0 Å². The predicted octanol–water partition coefficient (Wildman–Crippen LogP) is 2.39. The highest BCUT2D eigenvalue weighted by molar-refractivity contribution is 6.30. The largest absolute Gasteiger partial charge is 0.478 e. The fourth-order valence-electron chi connectivity index (χ4n) is 2.77. The van der Waals surface area contributed by atoms with Crippen molar-refractivity contribution in [2.45, 2.75) is 6.92 Å². The number of urea groups is 1. The SMILES string of the molecule is Cc1cc(C(=O)O)ccc1-c1ccc(C=C2C(=O)N(C)C(=O)N(C)C2=O)o1. The molecule has 138 valence electrons. The van der Waals surface area contributed by atoms with E-state index in [1.54, 1.807) is 25.1 Å². The van der Waals surface area contributed by atoms with Crippen LogP contribution in [0.5, 0.6) is 0 Å². The summed E-state index contributed by atoms with van der Waals surface area (Å²) >= 11 is 0. The lowest BCUT2D eigenvalue weighted by Gasteiger charge is -2.28. The summed E-state index contributed by atoms with van der Waals surface area (Å²) in [6, 6.07) is 7.18. The second-order valence-electron chi connectivity index (χ2n) is 6.11. The third-order valence-electron chi connectivity index (χ3n) is 4.30. The Morgan fingerprint density at radius 2 is 1.67 bits per heavy atom. The summed E-state index contributed by atoms with van der Waals surface area (Å²) in [5, 5.41) is 9.04. The molecule has 1 aliphatic rings. The summed E-state index contributed by atoms with van der Waals surface area (Å²) < 4.78 is 5.70. The van der Waals surface area contributed by atoms with Crippen molar-refractivity contribution in [2.75, 3.05) is 14.1 Å². The van der Waals surface area contributed by atoms with Gasteiger partial charge >= 0.3 is 12.0 Å². The van der Waals surface area contributed by atoms with Crippen LogP contribution in [0.15, 0.2) is 40.3 Å². The smallest absolute Gasteiger partial charge is 0.335 e. The van der Waals surface area contributed by atoms with Crippen molar-refractivity contribution >= 4 is 29.9 Å². The molecule has 0 radical (unpaired) electrons. The molecular weight excluding hydrogens is 352 g/mol. The first-order valence-electron chi connectivity index (χ1n) is 7.96. The number of carbonyl (C=O) groups is 4. The lowest BCUT2D eigenvalue weighted by atomic mass is 10.0. The first-order valence-corrected chi connectivity index (χ1v) is 7.96. The van der Waals surface area contributed by atoms with Crippen molar-refractivity contribution in [3.05, 3.63) is 52.8 Å². The Kier molecular flexibility index (Phi) is 4.40. The molecule has 27 heavy (non-hydrogen) atoms. The molecule has 1 aromatic heterocycles. The Balaban J connectivity index is 1.96. The molecule has 4 amide bonds. The monoisotopic (exact) mass is 368 g/mol. The molecule has 0 unspecified atom stereocenters. The molecule has 0 atom stereocenters. The van der Waals surface area contributed by atoms with Crippen LogP contribution in [0.4, 0.5) is 4.79 Å². The molecular formula is C19H16N2O6. The maximum Gasteiger partial charge on any atom is 0.335 e.